The number of hydrogen-bond acceptors (Lipinski definition) is 3. The summed E-state index contributed by atoms with van der Waals surface area (Å²) in [5.74, 6) is 1.01. The molecule has 1 aromatic rings. The monoisotopic (exact) mass is 211 g/mol. The first kappa shape index (κ1) is 12.3. The SMILES string of the molecule is CCNC(CCC(C)OC)c1ccco1. The smallest absolute Gasteiger partial charge is 0.120 e. The average Bonchev–Trinajstić information content (AvgIpc) is 2.76. The molecule has 0 aromatic carbocycles. The molecular formula is C12H21NO2. The molecule has 1 N–H and O–H groups in total. The van der Waals surface area contributed by atoms with Crippen LogP contribution in [-0.2, 0) is 4.74 Å². The van der Waals surface area contributed by atoms with Gasteiger partial charge in [-0.05, 0) is 38.4 Å². The molecule has 0 aliphatic heterocycles. The van der Waals surface area contributed by atoms with Gasteiger partial charge < -0.3 is 14.5 Å². The van der Waals surface area contributed by atoms with Gasteiger partial charge in [-0.1, -0.05) is 6.92 Å². The van der Waals surface area contributed by atoms with E-state index in [-0.39, 0.29) is 0 Å². The number of methoxy groups -OCH3 is 1. The lowest BCUT2D eigenvalue weighted by Gasteiger charge is -2.17. The molecule has 0 spiro atoms. The highest BCUT2D eigenvalue weighted by Crippen LogP contribution is 2.20. The Hall–Kier alpha value is -0.800. The number of nitrogens with one attached hydrogen (secondary N) is 1. The fourth-order valence-electron chi connectivity index (χ4n) is 1.60. The fraction of sp³-hybridized carbons (Fsp3) is 0.667. The van der Waals surface area contributed by atoms with Gasteiger partial charge in [0.15, 0.2) is 0 Å². The maximum atomic E-state index is 5.41. The summed E-state index contributed by atoms with van der Waals surface area (Å²) in [6, 6.07) is 4.26. The lowest BCUT2D eigenvalue weighted by Crippen LogP contribution is -2.22. The van der Waals surface area contributed by atoms with Crippen molar-refractivity contribution in [3.63, 3.8) is 0 Å². The Morgan fingerprint density at radius 3 is 2.80 bits per heavy atom. The van der Waals surface area contributed by atoms with E-state index < -0.39 is 0 Å². The third-order valence-electron chi connectivity index (χ3n) is 2.60. The molecule has 2 atom stereocenters. The third-order valence-corrected chi connectivity index (χ3v) is 2.60. The molecule has 0 saturated carbocycles. The van der Waals surface area contributed by atoms with Gasteiger partial charge >= 0.3 is 0 Å². The van der Waals surface area contributed by atoms with Gasteiger partial charge in [-0.25, -0.2) is 0 Å². The summed E-state index contributed by atoms with van der Waals surface area (Å²) in [5, 5.41) is 3.42. The van der Waals surface area contributed by atoms with Gasteiger partial charge in [-0.15, -0.1) is 0 Å². The number of hydrogen-bond donors (Lipinski definition) is 1. The van der Waals surface area contributed by atoms with Crippen molar-refractivity contribution in [2.75, 3.05) is 13.7 Å². The summed E-state index contributed by atoms with van der Waals surface area (Å²) in [6.07, 6.45) is 4.10. The summed E-state index contributed by atoms with van der Waals surface area (Å²) >= 11 is 0. The molecule has 1 aromatic heterocycles. The van der Waals surface area contributed by atoms with Gasteiger partial charge in [-0.3, -0.25) is 0 Å². The van der Waals surface area contributed by atoms with Crippen LogP contribution >= 0.6 is 0 Å². The van der Waals surface area contributed by atoms with Crippen LogP contribution in [-0.4, -0.2) is 19.8 Å². The number of ether oxygens (including phenoxy) is 1. The minimum atomic E-state index is 0.307. The van der Waals surface area contributed by atoms with Crippen molar-refractivity contribution in [2.45, 2.75) is 38.8 Å². The van der Waals surface area contributed by atoms with Crippen molar-refractivity contribution in [2.24, 2.45) is 0 Å². The first-order chi connectivity index (χ1) is 7.27. The molecule has 0 bridgehead atoms. The summed E-state index contributed by atoms with van der Waals surface area (Å²) in [6.45, 7) is 5.15. The van der Waals surface area contributed by atoms with Crippen molar-refractivity contribution in [3.8, 4) is 0 Å². The molecule has 86 valence electrons. The fourth-order valence-corrected chi connectivity index (χ4v) is 1.60. The van der Waals surface area contributed by atoms with Crippen LogP contribution < -0.4 is 5.32 Å². The first-order valence-electron chi connectivity index (χ1n) is 5.57. The Kier molecular flexibility index (Phi) is 5.43. The minimum absolute atomic E-state index is 0.307. The maximum Gasteiger partial charge on any atom is 0.120 e. The van der Waals surface area contributed by atoms with E-state index in [9.17, 15) is 0 Å². The molecule has 0 aliphatic rings. The topological polar surface area (TPSA) is 34.4 Å². The van der Waals surface area contributed by atoms with Crippen LogP contribution in [0.15, 0.2) is 22.8 Å². The lowest BCUT2D eigenvalue weighted by molar-refractivity contribution is 0.105. The summed E-state index contributed by atoms with van der Waals surface area (Å²) in [7, 11) is 1.75. The van der Waals surface area contributed by atoms with Gasteiger partial charge in [0.05, 0.1) is 18.4 Å². The van der Waals surface area contributed by atoms with Gasteiger partial charge in [0, 0.05) is 7.11 Å². The van der Waals surface area contributed by atoms with Crippen LogP contribution in [0.3, 0.4) is 0 Å². The van der Waals surface area contributed by atoms with E-state index in [1.165, 1.54) is 0 Å². The van der Waals surface area contributed by atoms with Crippen LogP contribution in [0.1, 0.15) is 38.5 Å². The average molecular weight is 211 g/mol. The zero-order chi connectivity index (χ0) is 11.1. The van der Waals surface area contributed by atoms with E-state index in [1.54, 1.807) is 13.4 Å². The van der Waals surface area contributed by atoms with Gasteiger partial charge in [0.1, 0.15) is 5.76 Å². The van der Waals surface area contributed by atoms with Crippen LogP contribution in [0.4, 0.5) is 0 Å². The quantitative estimate of drug-likeness (QED) is 0.753. The normalized spacial score (nSPS) is 15.1. The highest BCUT2D eigenvalue weighted by Gasteiger charge is 2.14. The van der Waals surface area contributed by atoms with E-state index in [0.29, 0.717) is 12.1 Å². The zero-order valence-electron chi connectivity index (χ0n) is 9.82. The highest BCUT2D eigenvalue weighted by atomic mass is 16.5. The molecular weight excluding hydrogens is 190 g/mol. The van der Waals surface area contributed by atoms with Crippen molar-refractivity contribution >= 4 is 0 Å². The first-order valence-corrected chi connectivity index (χ1v) is 5.57. The molecule has 3 heteroatoms. The van der Waals surface area contributed by atoms with E-state index in [4.69, 9.17) is 9.15 Å². The summed E-state index contributed by atoms with van der Waals surface area (Å²) in [4.78, 5) is 0. The van der Waals surface area contributed by atoms with E-state index >= 15 is 0 Å². The molecule has 0 aliphatic carbocycles. The van der Waals surface area contributed by atoms with Crippen molar-refractivity contribution in [3.05, 3.63) is 24.2 Å². The van der Waals surface area contributed by atoms with E-state index in [2.05, 4.69) is 19.2 Å². The Morgan fingerprint density at radius 2 is 2.27 bits per heavy atom. The minimum Gasteiger partial charge on any atom is -0.468 e. The predicted octanol–water partition coefficient (Wildman–Crippen LogP) is 2.75. The lowest BCUT2D eigenvalue weighted by atomic mass is 10.1. The largest absolute Gasteiger partial charge is 0.468 e. The number of rotatable bonds is 7. The second-order valence-corrected chi connectivity index (χ2v) is 3.75. The Balaban J connectivity index is 2.44. The summed E-state index contributed by atoms with van der Waals surface area (Å²) < 4.78 is 10.6. The van der Waals surface area contributed by atoms with Crippen molar-refractivity contribution in [1.29, 1.82) is 0 Å². The van der Waals surface area contributed by atoms with Gasteiger partial charge in [-0.2, -0.15) is 0 Å². The van der Waals surface area contributed by atoms with Gasteiger partial charge in [0.25, 0.3) is 0 Å². The Labute approximate surface area is 91.8 Å². The molecule has 0 saturated heterocycles. The Bertz CT molecular complexity index is 246. The molecule has 2 unspecified atom stereocenters. The molecule has 3 nitrogen and oxygen atoms in total. The number of furan rings is 1. The Morgan fingerprint density at radius 1 is 1.47 bits per heavy atom. The van der Waals surface area contributed by atoms with Crippen LogP contribution in [0, 0.1) is 0 Å². The third kappa shape index (κ3) is 4.06. The van der Waals surface area contributed by atoms with Crippen molar-refractivity contribution in [1.82, 2.24) is 5.32 Å². The molecule has 1 heterocycles. The van der Waals surface area contributed by atoms with Crippen LogP contribution in [0.5, 0.6) is 0 Å². The second kappa shape index (κ2) is 6.64. The highest BCUT2D eigenvalue weighted by molar-refractivity contribution is 5.04. The maximum absolute atomic E-state index is 5.41. The van der Waals surface area contributed by atoms with Gasteiger partial charge in [0.2, 0.25) is 0 Å². The molecule has 0 fully saturated rings. The molecule has 15 heavy (non-hydrogen) atoms. The zero-order valence-corrected chi connectivity index (χ0v) is 9.82. The van der Waals surface area contributed by atoms with E-state index in [1.807, 2.05) is 12.1 Å². The van der Waals surface area contributed by atoms with Crippen LogP contribution in [0.25, 0.3) is 0 Å². The summed E-state index contributed by atoms with van der Waals surface area (Å²) in [5.41, 5.74) is 0. The second-order valence-electron chi connectivity index (χ2n) is 3.75. The van der Waals surface area contributed by atoms with E-state index in [0.717, 1.165) is 25.1 Å². The predicted molar refractivity (Wildman–Crippen MR) is 60.8 cm³/mol. The van der Waals surface area contributed by atoms with Crippen molar-refractivity contribution < 1.29 is 9.15 Å². The molecule has 1 rings (SSSR count). The molecule has 0 amide bonds. The molecule has 0 radical (unpaired) electrons. The standard InChI is InChI=1S/C12H21NO2/c1-4-13-11(8-7-10(2)14-3)12-6-5-9-15-12/h5-6,9-11,13H,4,7-8H2,1-3H3. The van der Waals surface area contributed by atoms with Crippen LogP contribution in [0.2, 0.25) is 0 Å².